The van der Waals surface area contributed by atoms with Gasteiger partial charge in [0.1, 0.15) is 0 Å². The summed E-state index contributed by atoms with van der Waals surface area (Å²) in [5.74, 6) is 0. The van der Waals surface area contributed by atoms with E-state index in [1.54, 1.807) is 0 Å². The number of ether oxygens (including phenoxy) is 1. The Morgan fingerprint density at radius 1 is 1.31 bits per heavy atom. The lowest BCUT2D eigenvalue weighted by Gasteiger charge is -2.10. The Morgan fingerprint density at radius 2 is 2.12 bits per heavy atom. The minimum atomic E-state index is 0.485. The van der Waals surface area contributed by atoms with Crippen molar-refractivity contribution in [2.24, 2.45) is 0 Å². The molecule has 3 N–H and O–H groups in total. The van der Waals surface area contributed by atoms with Gasteiger partial charge in [-0.25, -0.2) is 0 Å². The number of benzene rings is 1. The van der Waals surface area contributed by atoms with E-state index in [2.05, 4.69) is 17.4 Å². The monoisotopic (exact) mass is 220 g/mol. The van der Waals surface area contributed by atoms with Gasteiger partial charge in [0.05, 0.1) is 6.10 Å². The van der Waals surface area contributed by atoms with E-state index < -0.39 is 0 Å². The van der Waals surface area contributed by atoms with Gasteiger partial charge in [0.2, 0.25) is 0 Å². The van der Waals surface area contributed by atoms with Crippen LogP contribution in [0.2, 0.25) is 0 Å². The van der Waals surface area contributed by atoms with Gasteiger partial charge in [-0.1, -0.05) is 12.1 Å². The number of anilines is 1. The van der Waals surface area contributed by atoms with Crippen LogP contribution in [0.3, 0.4) is 0 Å². The van der Waals surface area contributed by atoms with E-state index in [0.717, 1.165) is 31.8 Å². The number of hydrogen-bond donors (Lipinski definition) is 2. The fraction of sp³-hybridized carbons (Fsp3) is 0.538. The van der Waals surface area contributed by atoms with Crippen molar-refractivity contribution in [2.45, 2.75) is 31.9 Å². The van der Waals surface area contributed by atoms with Crippen LogP contribution in [0.15, 0.2) is 24.3 Å². The van der Waals surface area contributed by atoms with Crippen LogP contribution in [-0.2, 0) is 11.3 Å². The van der Waals surface area contributed by atoms with E-state index in [1.165, 1.54) is 18.4 Å². The lowest BCUT2D eigenvalue weighted by molar-refractivity contribution is 0.104. The van der Waals surface area contributed by atoms with Crippen LogP contribution in [0.4, 0.5) is 5.69 Å². The van der Waals surface area contributed by atoms with E-state index in [0.29, 0.717) is 6.10 Å². The molecule has 0 aliphatic carbocycles. The zero-order valence-corrected chi connectivity index (χ0v) is 9.61. The Bertz CT molecular complexity index is 304. The number of nitrogens with two attached hydrogens (primary N) is 1. The third-order valence-corrected chi connectivity index (χ3v) is 2.98. The van der Waals surface area contributed by atoms with Gasteiger partial charge in [0.15, 0.2) is 0 Å². The summed E-state index contributed by atoms with van der Waals surface area (Å²) in [6, 6.07) is 8.01. The van der Waals surface area contributed by atoms with Crippen molar-refractivity contribution in [3.05, 3.63) is 29.8 Å². The highest BCUT2D eigenvalue weighted by molar-refractivity contribution is 5.39. The van der Waals surface area contributed by atoms with Crippen LogP contribution in [0.25, 0.3) is 0 Å². The second kappa shape index (κ2) is 5.87. The Balaban J connectivity index is 1.62. The summed E-state index contributed by atoms with van der Waals surface area (Å²) in [4.78, 5) is 0. The molecule has 3 nitrogen and oxygen atoms in total. The first-order valence-electron chi connectivity index (χ1n) is 6.01. The van der Waals surface area contributed by atoms with Crippen LogP contribution in [0, 0.1) is 0 Å². The molecule has 3 heteroatoms. The molecule has 1 aliphatic heterocycles. The average Bonchev–Trinajstić information content (AvgIpc) is 2.80. The van der Waals surface area contributed by atoms with Gasteiger partial charge < -0.3 is 15.8 Å². The molecule has 0 amide bonds. The zero-order chi connectivity index (χ0) is 11.2. The predicted molar refractivity (Wildman–Crippen MR) is 66.2 cm³/mol. The molecule has 0 bridgehead atoms. The maximum Gasteiger partial charge on any atom is 0.0588 e. The van der Waals surface area contributed by atoms with Gasteiger partial charge in [-0.2, -0.15) is 0 Å². The minimum Gasteiger partial charge on any atom is -0.399 e. The molecule has 1 atom stereocenters. The molecule has 16 heavy (non-hydrogen) atoms. The average molecular weight is 220 g/mol. The number of nitrogen functional groups attached to an aromatic ring is 1. The summed E-state index contributed by atoms with van der Waals surface area (Å²) in [5.41, 5.74) is 7.73. The lowest BCUT2D eigenvalue weighted by Crippen LogP contribution is -2.19. The summed E-state index contributed by atoms with van der Waals surface area (Å²) >= 11 is 0. The van der Waals surface area contributed by atoms with E-state index in [1.807, 2.05) is 12.1 Å². The highest BCUT2D eigenvalue weighted by Crippen LogP contribution is 2.14. The van der Waals surface area contributed by atoms with Gasteiger partial charge in [-0.3, -0.25) is 0 Å². The molecule has 1 saturated heterocycles. The standard InChI is InChI=1S/C13H20N2O/c14-12-5-3-11(4-6-12)10-15-8-7-13-2-1-9-16-13/h3-6,13,15H,1-2,7-10,14H2/t13-/m1/s1. The molecular weight excluding hydrogens is 200 g/mol. The molecule has 0 aromatic heterocycles. The van der Waals surface area contributed by atoms with E-state index in [4.69, 9.17) is 10.5 Å². The van der Waals surface area contributed by atoms with Crippen molar-refractivity contribution in [2.75, 3.05) is 18.9 Å². The molecule has 1 heterocycles. The van der Waals surface area contributed by atoms with E-state index >= 15 is 0 Å². The van der Waals surface area contributed by atoms with Crippen LogP contribution >= 0.6 is 0 Å². The Kier molecular flexibility index (Phi) is 4.19. The van der Waals surface area contributed by atoms with Crippen molar-refractivity contribution >= 4 is 5.69 Å². The molecule has 1 aromatic rings. The molecule has 1 aromatic carbocycles. The van der Waals surface area contributed by atoms with Crippen LogP contribution in [0.1, 0.15) is 24.8 Å². The highest BCUT2D eigenvalue weighted by Gasteiger charge is 2.14. The third kappa shape index (κ3) is 3.51. The first-order valence-corrected chi connectivity index (χ1v) is 6.01. The first-order chi connectivity index (χ1) is 7.84. The molecular formula is C13H20N2O. The Morgan fingerprint density at radius 3 is 2.81 bits per heavy atom. The van der Waals surface area contributed by atoms with Crippen LogP contribution < -0.4 is 11.1 Å². The summed E-state index contributed by atoms with van der Waals surface area (Å²) in [6.07, 6.45) is 4.06. The quantitative estimate of drug-likeness (QED) is 0.589. The lowest BCUT2D eigenvalue weighted by atomic mass is 10.1. The maximum absolute atomic E-state index is 5.63. The van der Waals surface area contributed by atoms with Crippen LogP contribution in [-0.4, -0.2) is 19.3 Å². The summed E-state index contributed by atoms with van der Waals surface area (Å²) in [6.45, 7) is 2.88. The number of hydrogen-bond acceptors (Lipinski definition) is 3. The zero-order valence-electron chi connectivity index (χ0n) is 9.61. The van der Waals surface area contributed by atoms with Gasteiger partial charge >= 0.3 is 0 Å². The molecule has 0 unspecified atom stereocenters. The topological polar surface area (TPSA) is 47.3 Å². The van der Waals surface area contributed by atoms with E-state index in [9.17, 15) is 0 Å². The number of nitrogens with one attached hydrogen (secondary N) is 1. The summed E-state index contributed by atoms with van der Waals surface area (Å²) in [5, 5.41) is 3.43. The van der Waals surface area contributed by atoms with Crippen molar-refractivity contribution in [3.63, 3.8) is 0 Å². The molecule has 0 saturated carbocycles. The van der Waals surface area contributed by atoms with Gasteiger partial charge in [0.25, 0.3) is 0 Å². The SMILES string of the molecule is Nc1ccc(CNCC[C@H]2CCCO2)cc1. The molecule has 0 radical (unpaired) electrons. The van der Waals surface area contributed by atoms with Crippen molar-refractivity contribution in [3.8, 4) is 0 Å². The van der Waals surface area contributed by atoms with Crippen molar-refractivity contribution in [1.29, 1.82) is 0 Å². The smallest absolute Gasteiger partial charge is 0.0588 e. The maximum atomic E-state index is 5.63. The molecule has 1 aliphatic rings. The molecule has 1 fully saturated rings. The van der Waals surface area contributed by atoms with Gasteiger partial charge in [-0.15, -0.1) is 0 Å². The molecule has 2 rings (SSSR count). The normalized spacial score (nSPS) is 20.1. The highest BCUT2D eigenvalue weighted by atomic mass is 16.5. The van der Waals surface area contributed by atoms with Crippen molar-refractivity contribution in [1.82, 2.24) is 5.32 Å². The van der Waals surface area contributed by atoms with Crippen LogP contribution in [0.5, 0.6) is 0 Å². The molecule has 0 spiro atoms. The Labute approximate surface area is 97.0 Å². The fourth-order valence-electron chi connectivity index (χ4n) is 2.00. The van der Waals surface area contributed by atoms with Crippen molar-refractivity contribution < 1.29 is 4.74 Å². The predicted octanol–water partition coefficient (Wildman–Crippen LogP) is 1.93. The first kappa shape index (κ1) is 11.4. The summed E-state index contributed by atoms with van der Waals surface area (Å²) < 4.78 is 5.56. The summed E-state index contributed by atoms with van der Waals surface area (Å²) in [7, 11) is 0. The number of rotatable bonds is 5. The van der Waals surface area contributed by atoms with E-state index in [-0.39, 0.29) is 0 Å². The minimum absolute atomic E-state index is 0.485. The fourth-order valence-corrected chi connectivity index (χ4v) is 2.00. The van der Waals surface area contributed by atoms with Gasteiger partial charge in [-0.05, 0) is 43.5 Å². The third-order valence-electron chi connectivity index (χ3n) is 2.98. The second-order valence-electron chi connectivity index (χ2n) is 4.34. The molecule has 88 valence electrons. The van der Waals surface area contributed by atoms with Gasteiger partial charge in [0, 0.05) is 18.8 Å². The second-order valence-corrected chi connectivity index (χ2v) is 4.34. The Hall–Kier alpha value is -1.06. The largest absolute Gasteiger partial charge is 0.399 e.